The summed E-state index contributed by atoms with van der Waals surface area (Å²) in [5.74, 6) is 0.408. The molecule has 0 aromatic heterocycles. The summed E-state index contributed by atoms with van der Waals surface area (Å²) in [4.78, 5) is 11.3. The number of hydrogen-bond donors (Lipinski definition) is 2. The summed E-state index contributed by atoms with van der Waals surface area (Å²) in [5, 5.41) is 8.96. The lowest BCUT2D eigenvalue weighted by atomic mass is 10.2. The van der Waals surface area contributed by atoms with Crippen LogP contribution in [-0.2, 0) is 6.61 Å². The lowest BCUT2D eigenvalue weighted by Gasteiger charge is -2.10. The Kier molecular flexibility index (Phi) is 4.19. The molecule has 98 valence electrons. The normalized spacial score (nSPS) is 10.2. The molecule has 2 aromatic carbocycles. The number of aliphatic hydroxyl groups excluding tert-OH is 1. The van der Waals surface area contributed by atoms with Crippen LogP contribution in [0.15, 0.2) is 46.9 Å². The minimum atomic E-state index is -0.547. The third-order valence-electron chi connectivity index (χ3n) is 2.54. The molecule has 0 unspecified atom stereocenters. The predicted molar refractivity (Wildman–Crippen MR) is 75.1 cm³/mol. The van der Waals surface area contributed by atoms with Crippen molar-refractivity contribution in [2.45, 2.75) is 6.61 Å². The highest BCUT2D eigenvalue weighted by Gasteiger charge is 2.10. The average Bonchev–Trinajstić information content (AvgIpc) is 2.39. The Labute approximate surface area is 118 Å². The SMILES string of the molecule is NC(=O)c1ccc(Br)cc1Oc1ccc(CO)cc1. The van der Waals surface area contributed by atoms with Crippen LogP contribution in [-0.4, -0.2) is 11.0 Å². The summed E-state index contributed by atoms with van der Waals surface area (Å²) in [6, 6.07) is 11.9. The number of carbonyl (C=O) groups excluding carboxylic acids is 1. The Morgan fingerprint density at radius 2 is 1.89 bits per heavy atom. The maximum atomic E-state index is 11.3. The zero-order valence-corrected chi connectivity index (χ0v) is 11.6. The number of benzene rings is 2. The first-order valence-electron chi connectivity index (χ1n) is 5.57. The van der Waals surface area contributed by atoms with Gasteiger partial charge in [0.1, 0.15) is 11.5 Å². The molecule has 0 radical (unpaired) electrons. The van der Waals surface area contributed by atoms with Crippen molar-refractivity contribution < 1.29 is 14.6 Å². The molecule has 4 nitrogen and oxygen atoms in total. The van der Waals surface area contributed by atoms with Crippen LogP contribution >= 0.6 is 15.9 Å². The third kappa shape index (κ3) is 3.33. The van der Waals surface area contributed by atoms with E-state index in [1.54, 1.807) is 42.5 Å². The van der Waals surface area contributed by atoms with Gasteiger partial charge in [-0.25, -0.2) is 0 Å². The van der Waals surface area contributed by atoms with Crippen LogP contribution in [0.1, 0.15) is 15.9 Å². The van der Waals surface area contributed by atoms with Crippen molar-refractivity contribution in [3.63, 3.8) is 0 Å². The van der Waals surface area contributed by atoms with E-state index in [9.17, 15) is 4.79 Å². The number of halogens is 1. The zero-order chi connectivity index (χ0) is 13.8. The molecule has 0 atom stereocenters. The molecule has 2 rings (SSSR count). The topological polar surface area (TPSA) is 72.6 Å². The van der Waals surface area contributed by atoms with Crippen LogP contribution < -0.4 is 10.5 Å². The lowest BCUT2D eigenvalue weighted by molar-refractivity contribution is 0.0998. The third-order valence-corrected chi connectivity index (χ3v) is 3.04. The molecule has 0 fully saturated rings. The Bertz CT molecular complexity index is 596. The first-order valence-corrected chi connectivity index (χ1v) is 6.36. The van der Waals surface area contributed by atoms with E-state index in [2.05, 4.69) is 15.9 Å². The number of carbonyl (C=O) groups is 1. The van der Waals surface area contributed by atoms with Gasteiger partial charge in [0.05, 0.1) is 12.2 Å². The van der Waals surface area contributed by atoms with Crippen LogP contribution in [0.2, 0.25) is 0 Å². The van der Waals surface area contributed by atoms with E-state index in [1.807, 2.05) is 0 Å². The molecule has 0 aliphatic carbocycles. The Morgan fingerprint density at radius 1 is 1.21 bits per heavy atom. The van der Waals surface area contributed by atoms with Crippen molar-refractivity contribution in [1.29, 1.82) is 0 Å². The van der Waals surface area contributed by atoms with Crippen molar-refractivity contribution in [2.24, 2.45) is 5.73 Å². The van der Waals surface area contributed by atoms with Gasteiger partial charge in [0, 0.05) is 4.47 Å². The smallest absolute Gasteiger partial charge is 0.252 e. The van der Waals surface area contributed by atoms with Crippen molar-refractivity contribution in [2.75, 3.05) is 0 Å². The molecule has 0 saturated heterocycles. The second-order valence-corrected chi connectivity index (χ2v) is 4.82. The summed E-state index contributed by atoms with van der Waals surface area (Å²) in [5.41, 5.74) is 6.40. The van der Waals surface area contributed by atoms with Crippen LogP contribution in [0.3, 0.4) is 0 Å². The van der Waals surface area contributed by atoms with Crippen LogP contribution in [0, 0.1) is 0 Å². The van der Waals surface area contributed by atoms with E-state index < -0.39 is 5.91 Å². The number of nitrogens with two attached hydrogens (primary N) is 1. The van der Waals surface area contributed by atoms with E-state index in [-0.39, 0.29) is 6.61 Å². The minimum absolute atomic E-state index is 0.0241. The summed E-state index contributed by atoms with van der Waals surface area (Å²) >= 11 is 3.32. The molecule has 1 amide bonds. The van der Waals surface area contributed by atoms with E-state index in [0.717, 1.165) is 10.0 Å². The van der Waals surface area contributed by atoms with Crippen molar-refractivity contribution >= 4 is 21.8 Å². The molecule has 0 aliphatic rings. The lowest BCUT2D eigenvalue weighted by Crippen LogP contribution is -2.12. The number of aliphatic hydroxyl groups is 1. The van der Waals surface area contributed by atoms with E-state index in [0.29, 0.717) is 17.1 Å². The number of amides is 1. The second kappa shape index (κ2) is 5.86. The zero-order valence-electron chi connectivity index (χ0n) is 9.97. The number of hydrogen-bond acceptors (Lipinski definition) is 3. The van der Waals surface area contributed by atoms with E-state index >= 15 is 0 Å². The highest BCUT2D eigenvalue weighted by Crippen LogP contribution is 2.28. The van der Waals surface area contributed by atoms with Gasteiger partial charge in [-0.1, -0.05) is 28.1 Å². The Balaban J connectivity index is 2.31. The summed E-state index contributed by atoms with van der Waals surface area (Å²) in [7, 11) is 0. The molecule has 3 N–H and O–H groups in total. The molecule has 0 bridgehead atoms. The standard InChI is InChI=1S/C14H12BrNO3/c15-10-3-6-12(14(16)18)13(7-10)19-11-4-1-9(8-17)2-5-11/h1-7,17H,8H2,(H2,16,18). The first kappa shape index (κ1) is 13.6. The fourth-order valence-electron chi connectivity index (χ4n) is 1.57. The second-order valence-electron chi connectivity index (χ2n) is 3.91. The maximum absolute atomic E-state index is 11.3. The van der Waals surface area contributed by atoms with Gasteiger partial charge in [-0.05, 0) is 35.9 Å². The quantitative estimate of drug-likeness (QED) is 0.909. The van der Waals surface area contributed by atoms with Gasteiger partial charge < -0.3 is 15.6 Å². The summed E-state index contributed by atoms with van der Waals surface area (Å²) < 4.78 is 6.43. The molecule has 0 spiro atoms. The molecule has 19 heavy (non-hydrogen) atoms. The fraction of sp³-hybridized carbons (Fsp3) is 0.0714. The molecule has 0 aliphatic heterocycles. The van der Waals surface area contributed by atoms with E-state index in [1.165, 1.54) is 0 Å². The van der Waals surface area contributed by atoms with E-state index in [4.69, 9.17) is 15.6 Å². The highest BCUT2D eigenvalue weighted by atomic mass is 79.9. The maximum Gasteiger partial charge on any atom is 0.252 e. The van der Waals surface area contributed by atoms with Crippen molar-refractivity contribution in [3.05, 3.63) is 58.1 Å². The van der Waals surface area contributed by atoms with Crippen LogP contribution in [0.25, 0.3) is 0 Å². The molecular formula is C14H12BrNO3. The van der Waals surface area contributed by atoms with Gasteiger partial charge >= 0.3 is 0 Å². The van der Waals surface area contributed by atoms with Crippen LogP contribution in [0.4, 0.5) is 0 Å². The van der Waals surface area contributed by atoms with Gasteiger partial charge in [-0.15, -0.1) is 0 Å². The first-order chi connectivity index (χ1) is 9.10. The van der Waals surface area contributed by atoms with Gasteiger partial charge in [0.15, 0.2) is 0 Å². The summed E-state index contributed by atoms with van der Waals surface area (Å²) in [6.45, 7) is -0.0241. The minimum Gasteiger partial charge on any atom is -0.456 e. The number of rotatable bonds is 4. The molecule has 0 saturated carbocycles. The van der Waals surface area contributed by atoms with Crippen molar-refractivity contribution in [1.82, 2.24) is 0 Å². The largest absolute Gasteiger partial charge is 0.456 e. The van der Waals surface area contributed by atoms with Gasteiger partial charge in [0.25, 0.3) is 5.91 Å². The Hall–Kier alpha value is -1.85. The fourth-order valence-corrected chi connectivity index (χ4v) is 1.91. The van der Waals surface area contributed by atoms with Gasteiger partial charge in [0.2, 0.25) is 0 Å². The molecule has 2 aromatic rings. The van der Waals surface area contributed by atoms with Crippen molar-refractivity contribution in [3.8, 4) is 11.5 Å². The number of ether oxygens (including phenoxy) is 1. The molecule has 5 heteroatoms. The summed E-state index contributed by atoms with van der Waals surface area (Å²) in [6.07, 6.45) is 0. The highest BCUT2D eigenvalue weighted by molar-refractivity contribution is 9.10. The monoisotopic (exact) mass is 321 g/mol. The average molecular weight is 322 g/mol. The molecular weight excluding hydrogens is 310 g/mol. The molecule has 0 heterocycles. The van der Waals surface area contributed by atoms with Gasteiger partial charge in [-0.3, -0.25) is 4.79 Å². The Morgan fingerprint density at radius 3 is 2.47 bits per heavy atom. The van der Waals surface area contributed by atoms with Crippen LogP contribution in [0.5, 0.6) is 11.5 Å². The predicted octanol–water partition coefficient (Wildman–Crippen LogP) is 2.83. The van der Waals surface area contributed by atoms with Gasteiger partial charge in [-0.2, -0.15) is 0 Å². The number of primary amides is 1.